The third kappa shape index (κ3) is 4.59. The van der Waals surface area contributed by atoms with E-state index in [0.717, 1.165) is 5.56 Å². The van der Waals surface area contributed by atoms with Gasteiger partial charge in [-0.15, -0.1) is 11.3 Å². The number of ether oxygens (including phenoxy) is 1. The van der Waals surface area contributed by atoms with Crippen molar-refractivity contribution in [2.75, 3.05) is 10.0 Å². The molecule has 4 rings (SSSR count). The van der Waals surface area contributed by atoms with E-state index in [-0.39, 0.29) is 16.9 Å². The number of thiophene rings is 1. The van der Waals surface area contributed by atoms with Gasteiger partial charge in [0, 0.05) is 11.3 Å². The highest BCUT2D eigenvalue weighted by molar-refractivity contribution is 7.92. The molecule has 10 nitrogen and oxygen atoms in total. The summed E-state index contributed by atoms with van der Waals surface area (Å²) >= 11 is 1.24. The van der Waals surface area contributed by atoms with Crippen molar-refractivity contribution in [2.24, 2.45) is 0 Å². The van der Waals surface area contributed by atoms with Crippen LogP contribution in [0.15, 0.2) is 40.0 Å². The molecule has 34 heavy (non-hydrogen) atoms. The number of sulfonamides is 1. The zero-order valence-electron chi connectivity index (χ0n) is 19.2. The van der Waals surface area contributed by atoms with Crippen LogP contribution in [0.25, 0.3) is 10.2 Å². The monoisotopic (exact) mass is 501 g/mol. The van der Waals surface area contributed by atoms with E-state index < -0.39 is 16.0 Å². The van der Waals surface area contributed by atoms with Gasteiger partial charge in [0.2, 0.25) is 5.88 Å². The number of hydrogen-bond donors (Lipinski definition) is 2. The first-order chi connectivity index (χ1) is 16.1. The molecular weight excluding hydrogens is 478 g/mol. The number of fused-ring (bicyclic) bond motifs is 1. The molecule has 0 aliphatic heterocycles. The Labute approximate surface area is 200 Å². The maximum Gasteiger partial charge on any atom is 0.348 e. The van der Waals surface area contributed by atoms with Gasteiger partial charge in [0.1, 0.15) is 21.9 Å². The molecule has 0 aliphatic rings. The van der Waals surface area contributed by atoms with Crippen molar-refractivity contribution in [1.82, 2.24) is 15.1 Å². The average molecular weight is 502 g/mol. The van der Waals surface area contributed by atoms with Crippen LogP contribution < -0.4 is 10.0 Å². The van der Waals surface area contributed by atoms with E-state index in [1.54, 1.807) is 39.8 Å². The van der Waals surface area contributed by atoms with Gasteiger partial charge in [-0.1, -0.05) is 5.16 Å². The molecule has 0 radical (unpaired) electrons. The molecule has 0 bridgehead atoms. The maximum atomic E-state index is 12.7. The van der Waals surface area contributed by atoms with E-state index in [1.807, 2.05) is 6.92 Å². The molecule has 0 fully saturated rings. The number of nitrogens with zero attached hydrogens (tertiary/aromatic N) is 3. The molecule has 3 aromatic heterocycles. The van der Waals surface area contributed by atoms with Crippen molar-refractivity contribution in [2.45, 2.75) is 45.6 Å². The highest BCUT2D eigenvalue weighted by Gasteiger charge is 2.22. The third-order valence-electron chi connectivity index (χ3n) is 5.07. The minimum atomic E-state index is -3.86. The lowest BCUT2D eigenvalue weighted by atomic mass is 10.2. The topological polar surface area (TPSA) is 136 Å². The Balaban J connectivity index is 1.59. The Kier molecular flexibility index (Phi) is 6.28. The predicted molar refractivity (Wildman–Crippen MR) is 129 cm³/mol. The smallest absolute Gasteiger partial charge is 0.348 e. The second-order valence-electron chi connectivity index (χ2n) is 7.89. The summed E-state index contributed by atoms with van der Waals surface area (Å²) in [6.45, 7) is 8.85. The number of benzene rings is 1. The van der Waals surface area contributed by atoms with Crippen molar-refractivity contribution in [3.05, 3.63) is 52.3 Å². The summed E-state index contributed by atoms with van der Waals surface area (Å²) in [5.74, 6) is 0.187. The fourth-order valence-corrected chi connectivity index (χ4v) is 5.25. The first-order valence-electron chi connectivity index (χ1n) is 10.3. The average Bonchev–Trinajstić information content (AvgIpc) is 3.28. The van der Waals surface area contributed by atoms with Crippen molar-refractivity contribution in [1.29, 1.82) is 0 Å². The minimum absolute atomic E-state index is 0.0600. The number of anilines is 3. The van der Waals surface area contributed by atoms with Crippen molar-refractivity contribution >= 4 is 54.9 Å². The van der Waals surface area contributed by atoms with E-state index in [4.69, 9.17) is 9.26 Å². The normalized spacial score (nSPS) is 11.7. The molecule has 12 heteroatoms. The van der Waals surface area contributed by atoms with Gasteiger partial charge in [-0.25, -0.2) is 27.9 Å². The van der Waals surface area contributed by atoms with Crippen LogP contribution in [0.3, 0.4) is 0 Å². The first kappa shape index (κ1) is 23.6. The Morgan fingerprint density at radius 3 is 2.41 bits per heavy atom. The molecule has 0 atom stereocenters. The van der Waals surface area contributed by atoms with Gasteiger partial charge in [0.25, 0.3) is 10.0 Å². The van der Waals surface area contributed by atoms with Gasteiger partial charge in [-0.2, -0.15) is 0 Å². The molecule has 0 spiro atoms. The highest BCUT2D eigenvalue weighted by atomic mass is 32.2. The van der Waals surface area contributed by atoms with Crippen LogP contribution in [0.4, 0.5) is 17.4 Å². The van der Waals surface area contributed by atoms with Gasteiger partial charge >= 0.3 is 5.97 Å². The largest absolute Gasteiger partial charge is 0.459 e. The van der Waals surface area contributed by atoms with Gasteiger partial charge in [0.05, 0.1) is 22.1 Å². The van der Waals surface area contributed by atoms with Crippen LogP contribution >= 0.6 is 11.3 Å². The highest BCUT2D eigenvalue weighted by Crippen LogP contribution is 2.35. The lowest BCUT2D eigenvalue weighted by Crippen LogP contribution is -2.13. The Morgan fingerprint density at radius 1 is 1.09 bits per heavy atom. The number of aryl methyl sites for hydroxylation is 2. The van der Waals surface area contributed by atoms with Crippen LogP contribution in [-0.2, 0) is 14.8 Å². The molecule has 0 unspecified atom stereocenters. The van der Waals surface area contributed by atoms with Crippen molar-refractivity contribution in [3.63, 3.8) is 0 Å². The lowest BCUT2D eigenvalue weighted by Gasteiger charge is -2.10. The summed E-state index contributed by atoms with van der Waals surface area (Å²) in [6.07, 6.45) is 1.17. The van der Waals surface area contributed by atoms with Crippen LogP contribution in [0.1, 0.15) is 40.3 Å². The summed E-state index contributed by atoms with van der Waals surface area (Å²) in [6, 6.07) is 6.17. The van der Waals surface area contributed by atoms with Crippen LogP contribution in [-0.4, -0.2) is 35.6 Å². The fourth-order valence-electron chi connectivity index (χ4n) is 3.17. The Hall–Kier alpha value is -3.51. The lowest BCUT2D eigenvalue weighted by molar-refractivity contribution is 0.0383. The van der Waals surface area contributed by atoms with Gasteiger partial charge in [-0.05, 0) is 64.4 Å². The van der Waals surface area contributed by atoms with E-state index in [1.165, 1.54) is 29.8 Å². The molecule has 178 valence electrons. The number of nitrogens with one attached hydrogen (secondary N) is 2. The summed E-state index contributed by atoms with van der Waals surface area (Å²) in [5.41, 5.74) is 2.56. The fraction of sp³-hybridized carbons (Fsp3) is 0.273. The van der Waals surface area contributed by atoms with Crippen molar-refractivity contribution in [3.8, 4) is 0 Å². The summed E-state index contributed by atoms with van der Waals surface area (Å²) in [7, 11) is -3.86. The van der Waals surface area contributed by atoms with Gasteiger partial charge < -0.3 is 14.6 Å². The Bertz CT molecular complexity index is 1470. The first-order valence-corrected chi connectivity index (χ1v) is 12.6. The van der Waals surface area contributed by atoms with Crippen molar-refractivity contribution < 1.29 is 22.5 Å². The number of esters is 1. The van der Waals surface area contributed by atoms with E-state index in [0.29, 0.717) is 37.9 Å². The molecule has 0 aliphatic carbocycles. The second kappa shape index (κ2) is 9.03. The zero-order chi connectivity index (χ0) is 24.6. The van der Waals surface area contributed by atoms with Gasteiger partial charge in [0.15, 0.2) is 0 Å². The number of aromatic nitrogens is 3. The molecule has 0 saturated heterocycles. The van der Waals surface area contributed by atoms with Crippen LogP contribution in [0, 0.1) is 20.8 Å². The number of carbonyl (C=O) groups is 1. The summed E-state index contributed by atoms with van der Waals surface area (Å²) in [5, 5.41) is 7.65. The molecule has 2 N–H and O–H groups in total. The summed E-state index contributed by atoms with van der Waals surface area (Å²) in [4.78, 5) is 22.2. The van der Waals surface area contributed by atoms with E-state index in [2.05, 4.69) is 25.2 Å². The standard InChI is InChI=1S/C22H23N5O5S2/c1-11(2)31-22(28)18-13(4)17-19(23-10-24-21(17)33-18)25-15-6-8-16(9-7-15)34(29,30)27-20-12(3)14(5)26-32-20/h6-11,27H,1-5H3,(H,23,24,25). The summed E-state index contributed by atoms with van der Waals surface area (Å²) < 4.78 is 38.2. The maximum absolute atomic E-state index is 12.7. The SMILES string of the molecule is Cc1noc(NS(=O)(=O)c2ccc(Nc3ncnc4sc(C(=O)OC(C)C)c(C)c34)cc2)c1C. The molecule has 0 amide bonds. The predicted octanol–water partition coefficient (Wildman–Crippen LogP) is 4.71. The molecule has 1 aromatic carbocycles. The number of rotatable bonds is 7. The van der Waals surface area contributed by atoms with E-state index in [9.17, 15) is 13.2 Å². The second-order valence-corrected chi connectivity index (χ2v) is 10.6. The number of carbonyl (C=O) groups excluding carboxylic acids is 1. The third-order valence-corrected chi connectivity index (χ3v) is 7.59. The van der Waals surface area contributed by atoms with Crippen LogP contribution in [0.2, 0.25) is 0 Å². The molecular formula is C22H23N5O5S2. The van der Waals surface area contributed by atoms with Gasteiger partial charge in [-0.3, -0.25) is 0 Å². The quantitative estimate of drug-likeness (QED) is 0.345. The molecule has 0 saturated carbocycles. The minimum Gasteiger partial charge on any atom is -0.459 e. The van der Waals surface area contributed by atoms with E-state index >= 15 is 0 Å². The van der Waals surface area contributed by atoms with Crippen LogP contribution in [0.5, 0.6) is 0 Å². The zero-order valence-corrected chi connectivity index (χ0v) is 20.8. The number of hydrogen-bond acceptors (Lipinski definition) is 10. The Morgan fingerprint density at radius 2 is 1.79 bits per heavy atom. The molecule has 3 heterocycles. The molecule has 4 aromatic rings.